The van der Waals surface area contributed by atoms with E-state index in [-0.39, 0.29) is 6.03 Å². The second-order valence-corrected chi connectivity index (χ2v) is 5.27. The molecule has 0 aliphatic rings. The van der Waals surface area contributed by atoms with Crippen LogP contribution in [0.4, 0.5) is 4.79 Å². The number of carbonyl (C=O) groups is 1. The molecular formula is C18H25N3O2. The summed E-state index contributed by atoms with van der Waals surface area (Å²) < 4.78 is 7.38. The highest BCUT2D eigenvalue weighted by atomic mass is 16.5. The molecule has 5 nitrogen and oxygen atoms in total. The van der Waals surface area contributed by atoms with Crippen LogP contribution in [0.15, 0.2) is 48.7 Å². The van der Waals surface area contributed by atoms with Crippen LogP contribution in [0.3, 0.4) is 0 Å². The Balaban J connectivity index is 1.74. The van der Waals surface area contributed by atoms with Crippen molar-refractivity contribution in [3.63, 3.8) is 0 Å². The first kappa shape index (κ1) is 17.1. The van der Waals surface area contributed by atoms with E-state index >= 15 is 0 Å². The predicted octanol–water partition coefficient (Wildman–Crippen LogP) is 2.76. The third-order valence-corrected chi connectivity index (χ3v) is 3.50. The fourth-order valence-electron chi connectivity index (χ4n) is 2.30. The van der Waals surface area contributed by atoms with E-state index in [0.717, 1.165) is 18.7 Å². The standard InChI is InChI=1S/C18H25N3O2/c1-2-23-13-7-11-19-18(22)20-14-17-10-6-12-21(17)15-16-8-4-3-5-9-16/h3-6,8-10,12H,2,7,11,13-15H2,1H3,(H2,19,20,22). The predicted molar refractivity (Wildman–Crippen MR) is 91.3 cm³/mol. The van der Waals surface area contributed by atoms with Crippen molar-refractivity contribution in [1.82, 2.24) is 15.2 Å². The SMILES string of the molecule is CCOCCCNC(=O)NCc1cccn1Cc1ccccc1. The monoisotopic (exact) mass is 315 g/mol. The van der Waals surface area contributed by atoms with Gasteiger partial charge in [0.2, 0.25) is 0 Å². The molecule has 5 heteroatoms. The molecule has 2 rings (SSSR count). The van der Waals surface area contributed by atoms with Gasteiger partial charge < -0.3 is 19.9 Å². The number of amides is 2. The van der Waals surface area contributed by atoms with Crippen molar-refractivity contribution in [1.29, 1.82) is 0 Å². The number of hydrogen-bond donors (Lipinski definition) is 2. The first-order chi connectivity index (χ1) is 11.3. The maximum Gasteiger partial charge on any atom is 0.315 e. The normalized spacial score (nSPS) is 10.5. The smallest absolute Gasteiger partial charge is 0.315 e. The summed E-state index contributed by atoms with van der Waals surface area (Å²) in [7, 11) is 0. The van der Waals surface area contributed by atoms with Gasteiger partial charge in [0.1, 0.15) is 0 Å². The highest BCUT2D eigenvalue weighted by molar-refractivity contribution is 5.73. The molecule has 1 aromatic carbocycles. The van der Waals surface area contributed by atoms with Crippen molar-refractivity contribution in [2.45, 2.75) is 26.4 Å². The van der Waals surface area contributed by atoms with Crippen LogP contribution in [0.2, 0.25) is 0 Å². The number of nitrogens with one attached hydrogen (secondary N) is 2. The lowest BCUT2D eigenvalue weighted by Gasteiger charge is -2.11. The lowest BCUT2D eigenvalue weighted by Crippen LogP contribution is -2.36. The van der Waals surface area contributed by atoms with Gasteiger partial charge in [-0.1, -0.05) is 30.3 Å². The van der Waals surface area contributed by atoms with E-state index in [0.29, 0.717) is 26.3 Å². The molecule has 2 aromatic rings. The largest absolute Gasteiger partial charge is 0.382 e. The first-order valence-electron chi connectivity index (χ1n) is 8.07. The Labute approximate surface area is 137 Å². The van der Waals surface area contributed by atoms with Gasteiger partial charge in [-0.05, 0) is 31.0 Å². The van der Waals surface area contributed by atoms with Crippen LogP contribution < -0.4 is 10.6 Å². The average molecular weight is 315 g/mol. The minimum Gasteiger partial charge on any atom is -0.382 e. The van der Waals surface area contributed by atoms with Gasteiger partial charge in [-0.3, -0.25) is 0 Å². The van der Waals surface area contributed by atoms with Gasteiger partial charge >= 0.3 is 6.03 Å². The third-order valence-electron chi connectivity index (χ3n) is 3.50. The van der Waals surface area contributed by atoms with Gasteiger partial charge in [0.05, 0.1) is 6.54 Å². The summed E-state index contributed by atoms with van der Waals surface area (Å²) in [6, 6.07) is 14.2. The van der Waals surface area contributed by atoms with E-state index in [1.165, 1.54) is 5.56 Å². The van der Waals surface area contributed by atoms with Crippen LogP contribution in [0.1, 0.15) is 24.6 Å². The fourth-order valence-corrected chi connectivity index (χ4v) is 2.30. The summed E-state index contributed by atoms with van der Waals surface area (Å²) in [6.07, 6.45) is 2.86. The van der Waals surface area contributed by atoms with Crippen LogP contribution in [0.25, 0.3) is 0 Å². The zero-order valence-electron chi connectivity index (χ0n) is 13.6. The summed E-state index contributed by atoms with van der Waals surface area (Å²) in [5, 5.41) is 5.72. The second-order valence-electron chi connectivity index (χ2n) is 5.27. The first-order valence-corrected chi connectivity index (χ1v) is 8.07. The molecule has 0 aliphatic carbocycles. The molecule has 2 N–H and O–H groups in total. The molecule has 124 valence electrons. The molecule has 23 heavy (non-hydrogen) atoms. The maximum absolute atomic E-state index is 11.8. The van der Waals surface area contributed by atoms with Gasteiger partial charge in [-0.2, -0.15) is 0 Å². The van der Waals surface area contributed by atoms with E-state index in [1.54, 1.807) is 0 Å². The van der Waals surface area contributed by atoms with Gasteiger partial charge in [0, 0.05) is 38.2 Å². The quantitative estimate of drug-likeness (QED) is 0.699. The summed E-state index contributed by atoms with van der Waals surface area (Å²) in [5.41, 5.74) is 2.32. The summed E-state index contributed by atoms with van der Waals surface area (Å²) in [4.78, 5) is 11.8. The third kappa shape index (κ3) is 6.16. The lowest BCUT2D eigenvalue weighted by molar-refractivity contribution is 0.145. The van der Waals surface area contributed by atoms with Crippen LogP contribution in [-0.4, -0.2) is 30.4 Å². The number of benzene rings is 1. The van der Waals surface area contributed by atoms with Gasteiger partial charge in [0.15, 0.2) is 0 Å². The molecule has 0 bridgehead atoms. The second kappa shape index (κ2) is 9.69. The minimum absolute atomic E-state index is 0.144. The Bertz CT molecular complexity index is 581. The number of rotatable bonds is 9. The molecule has 0 saturated carbocycles. The topological polar surface area (TPSA) is 55.3 Å². The molecule has 0 spiro atoms. The summed E-state index contributed by atoms with van der Waals surface area (Å²) in [5.74, 6) is 0. The Morgan fingerprint density at radius 1 is 1.13 bits per heavy atom. The van der Waals surface area contributed by atoms with Crippen LogP contribution in [0, 0.1) is 0 Å². The molecule has 0 radical (unpaired) electrons. The van der Waals surface area contributed by atoms with E-state index in [2.05, 4.69) is 27.3 Å². The summed E-state index contributed by atoms with van der Waals surface area (Å²) >= 11 is 0. The van der Waals surface area contributed by atoms with Crippen molar-refractivity contribution >= 4 is 6.03 Å². The number of urea groups is 1. The maximum atomic E-state index is 11.8. The van der Waals surface area contributed by atoms with Crippen LogP contribution >= 0.6 is 0 Å². The van der Waals surface area contributed by atoms with E-state index in [1.807, 2.05) is 43.5 Å². The lowest BCUT2D eigenvalue weighted by atomic mass is 10.2. The van der Waals surface area contributed by atoms with Crippen molar-refractivity contribution in [3.05, 3.63) is 59.9 Å². The Hall–Kier alpha value is -2.27. The van der Waals surface area contributed by atoms with Crippen molar-refractivity contribution in [2.24, 2.45) is 0 Å². The molecule has 1 heterocycles. The highest BCUT2D eigenvalue weighted by Crippen LogP contribution is 2.07. The van der Waals surface area contributed by atoms with E-state index < -0.39 is 0 Å². The van der Waals surface area contributed by atoms with Crippen molar-refractivity contribution < 1.29 is 9.53 Å². The fraction of sp³-hybridized carbons (Fsp3) is 0.389. The number of nitrogens with zero attached hydrogens (tertiary/aromatic N) is 1. The van der Waals surface area contributed by atoms with Crippen LogP contribution in [-0.2, 0) is 17.8 Å². The summed E-state index contributed by atoms with van der Waals surface area (Å²) in [6.45, 7) is 5.29. The molecule has 0 unspecified atom stereocenters. The number of aromatic nitrogens is 1. The van der Waals surface area contributed by atoms with Crippen molar-refractivity contribution in [2.75, 3.05) is 19.8 Å². The molecule has 2 amide bonds. The zero-order chi connectivity index (χ0) is 16.3. The molecule has 0 aliphatic heterocycles. The van der Waals surface area contributed by atoms with Gasteiger partial charge in [-0.15, -0.1) is 0 Å². The van der Waals surface area contributed by atoms with Gasteiger partial charge in [0.25, 0.3) is 0 Å². The number of carbonyl (C=O) groups excluding carboxylic acids is 1. The van der Waals surface area contributed by atoms with E-state index in [4.69, 9.17) is 4.74 Å². The zero-order valence-corrected chi connectivity index (χ0v) is 13.6. The molecule has 0 atom stereocenters. The average Bonchev–Trinajstić information content (AvgIpc) is 3.01. The van der Waals surface area contributed by atoms with Crippen molar-refractivity contribution in [3.8, 4) is 0 Å². The van der Waals surface area contributed by atoms with Gasteiger partial charge in [-0.25, -0.2) is 4.79 Å². The molecule has 0 saturated heterocycles. The Morgan fingerprint density at radius 2 is 1.96 bits per heavy atom. The van der Waals surface area contributed by atoms with Crippen LogP contribution in [0.5, 0.6) is 0 Å². The highest BCUT2D eigenvalue weighted by Gasteiger charge is 2.04. The molecule has 1 aromatic heterocycles. The Kier molecular flexibility index (Phi) is 7.20. The number of hydrogen-bond acceptors (Lipinski definition) is 2. The molecule has 0 fully saturated rings. The van der Waals surface area contributed by atoms with E-state index in [9.17, 15) is 4.79 Å². The minimum atomic E-state index is -0.144. The number of ether oxygens (including phenoxy) is 1. The Morgan fingerprint density at radius 3 is 2.74 bits per heavy atom. The molecular weight excluding hydrogens is 290 g/mol.